The zero-order chi connectivity index (χ0) is 17.9. The number of carbonyl (C=O) groups excluding carboxylic acids is 1. The van der Waals surface area contributed by atoms with Crippen LogP contribution in [0.3, 0.4) is 0 Å². The Hall–Kier alpha value is -2.70. The second-order valence-corrected chi connectivity index (χ2v) is 6.44. The van der Waals surface area contributed by atoms with Gasteiger partial charge < -0.3 is 10.4 Å². The smallest absolute Gasteiger partial charge is 0.310 e. The van der Waals surface area contributed by atoms with E-state index in [4.69, 9.17) is 0 Å². The van der Waals surface area contributed by atoms with Gasteiger partial charge in [0.25, 0.3) is 0 Å². The number of carboxylic acids is 1. The molecular formula is C18H20FN3O3. The monoisotopic (exact) mass is 345 g/mol. The van der Waals surface area contributed by atoms with Gasteiger partial charge in [0, 0.05) is 25.6 Å². The molecule has 1 aromatic carbocycles. The number of benzene rings is 1. The van der Waals surface area contributed by atoms with Crippen LogP contribution in [0.2, 0.25) is 0 Å². The maximum atomic E-state index is 12.9. The van der Waals surface area contributed by atoms with Crippen molar-refractivity contribution in [3.05, 3.63) is 48.0 Å². The fourth-order valence-electron chi connectivity index (χ4n) is 3.00. The van der Waals surface area contributed by atoms with Gasteiger partial charge in [0.1, 0.15) is 5.82 Å². The maximum Gasteiger partial charge on any atom is 0.310 e. The fraction of sp³-hybridized carbons (Fsp3) is 0.389. The zero-order valence-electron chi connectivity index (χ0n) is 13.7. The van der Waals surface area contributed by atoms with E-state index in [1.54, 1.807) is 23.0 Å². The van der Waals surface area contributed by atoms with E-state index < -0.39 is 11.4 Å². The number of hydrogen-bond acceptors (Lipinski definition) is 3. The van der Waals surface area contributed by atoms with Crippen molar-refractivity contribution in [2.45, 2.75) is 32.1 Å². The van der Waals surface area contributed by atoms with Crippen molar-refractivity contribution >= 4 is 11.9 Å². The largest absolute Gasteiger partial charge is 0.481 e. The Labute approximate surface area is 144 Å². The summed E-state index contributed by atoms with van der Waals surface area (Å²) < 4.78 is 14.6. The molecule has 1 saturated carbocycles. The van der Waals surface area contributed by atoms with Crippen molar-refractivity contribution in [3.63, 3.8) is 0 Å². The number of nitrogens with zero attached hydrogens (tertiary/aromatic N) is 2. The molecule has 1 aromatic heterocycles. The average molecular weight is 345 g/mol. The minimum atomic E-state index is -0.882. The molecular weight excluding hydrogens is 325 g/mol. The molecule has 0 spiro atoms. The minimum Gasteiger partial charge on any atom is -0.481 e. The summed E-state index contributed by atoms with van der Waals surface area (Å²) in [5.74, 6) is -1.42. The van der Waals surface area contributed by atoms with Crippen molar-refractivity contribution in [2.75, 3.05) is 6.54 Å². The minimum absolute atomic E-state index is 0.0341. The van der Waals surface area contributed by atoms with Crippen LogP contribution in [0.4, 0.5) is 4.39 Å². The standard InChI is InChI=1S/C18H20FN3O3/c19-13-2-4-15(5-3-13)22-11-7-14(21-22)6-10-20-16(23)12-18(17(24)25)8-1-9-18/h2-5,7,11H,1,6,8-10,12H2,(H,20,23)(H,24,25). The second kappa shape index (κ2) is 7.04. The highest BCUT2D eigenvalue weighted by atomic mass is 19.1. The third-order valence-corrected chi connectivity index (χ3v) is 4.70. The van der Waals surface area contributed by atoms with Crippen molar-refractivity contribution in [1.29, 1.82) is 0 Å². The molecule has 0 radical (unpaired) electrons. The first-order chi connectivity index (χ1) is 12.0. The topological polar surface area (TPSA) is 84.2 Å². The van der Waals surface area contributed by atoms with Gasteiger partial charge in [-0.2, -0.15) is 5.10 Å². The third-order valence-electron chi connectivity index (χ3n) is 4.70. The molecule has 0 aliphatic heterocycles. The lowest BCUT2D eigenvalue weighted by atomic mass is 9.66. The predicted molar refractivity (Wildman–Crippen MR) is 88.8 cm³/mol. The highest BCUT2D eigenvalue weighted by Crippen LogP contribution is 2.44. The first-order valence-corrected chi connectivity index (χ1v) is 8.29. The van der Waals surface area contributed by atoms with E-state index >= 15 is 0 Å². The van der Waals surface area contributed by atoms with Crippen LogP contribution in [0.5, 0.6) is 0 Å². The summed E-state index contributed by atoms with van der Waals surface area (Å²) in [5.41, 5.74) is 0.681. The first-order valence-electron chi connectivity index (χ1n) is 8.29. The molecule has 0 saturated heterocycles. The van der Waals surface area contributed by atoms with E-state index in [2.05, 4.69) is 10.4 Å². The van der Waals surface area contributed by atoms with E-state index in [1.807, 2.05) is 6.07 Å². The van der Waals surface area contributed by atoms with E-state index in [-0.39, 0.29) is 18.1 Å². The molecule has 1 aliphatic rings. The molecule has 1 aliphatic carbocycles. The SMILES string of the molecule is O=C(CC1(C(=O)O)CCC1)NCCc1ccn(-c2ccc(F)cc2)n1. The van der Waals surface area contributed by atoms with Gasteiger partial charge in [-0.15, -0.1) is 0 Å². The third kappa shape index (κ3) is 3.87. The van der Waals surface area contributed by atoms with Crippen molar-refractivity contribution in [1.82, 2.24) is 15.1 Å². The molecule has 1 amide bonds. The van der Waals surface area contributed by atoms with Gasteiger partial charge >= 0.3 is 5.97 Å². The summed E-state index contributed by atoms with van der Waals surface area (Å²) in [7, 11) is 0. The molecule has 1 fully saturated rings. The summed E-state index contributed by atoms with van der Waals surface area (Å²) in [4.78, 5) is 23.2. The number of nitrogens with one attached hydrogen (secondary N) is 1. The molecule has 132 valence electrons. The average Bonchev–Trinajstić information content (AvgIpc) is 3.00. The number of amides is 1. The number of halogens is 1. The van der Waals surface area contributed by atoms with Gasteiger partial charge in [0.2, 0.25) is 5.91 Å². The van der Waals surface area contributed by atoms with Crippen LogP contribution in [0.15, 0.2) is 36.5 Å². The number of aromatic nitrogens is 2. The quantitative estimate of drug-likeness (QED) is 0.806. The molecule has 7 heteroatoms. The maximum absolute atomic E-state index is 12.9. The normalized spacial score (nSPS) is 15.4. The van der Waals surface area contributed by atoms with Crippen molar-refractivity contribution in [2.24, 2.45) is 5.41 Å². The highest BCUT2D eigenvalue weighted by molar-refractivity contribution is 5.85. The van der Waals surface area contributed by atoms with Crippen LogP contribution < -0.4 is 5.32 Å². The Morgan fingerprint density at radius 1 is 1.24 bits per heavy atom. The molecule has 1 heterocycles. The Balaban J connectivity index is 1.48. The molecule has 0 atom stereocenters. The Kier molecular flexibility index (Phi) is 4.83. The van der Waals surface area contributed by atoms with E-state index in [9.17, 15) is 19.1 Å². The Morgan fingerprint density at radius 3 is 2.56 bits per heavy atom. The molecule has 2 aromatic rings. The summed E-state index contributed by atoms with van der Waals surface area (Å²) in [6.45, 7) is 0.398. The number of carbonyl (C=O) groups is 2. The van der Waals surface area contributed by atoms with Crippen LogP contribution >= 0.6 is 0 Å². The number of carboxylic acid groups (broad SMARTS) is 1. The van der Waals surface area contributed by atoms with E-state index in [1.165, 1.54) is 12.1 Å². The number of hydrogen-bond donors (Lipinski definition) is 2. The lowest BCUT2D eigenvalue weighted by Gasteiger charge is -2.36. The highest BCUT2D eigenvalue weighted by Gasteiger charge is 2.45. The van der Waals surface area contributed by atoms with Gasteiger partial charge in [-0.1, -0.05) is 6.42 Å². The number of rotatable bonds is 7. The van der Waals surface area contributed by atoms with Crippen LogP contribution in [0, 0.1) is 11.2 Å². The predicted octanol–water partition coefficient (Wildman–Crippen LogP) is 2.32. The summed E-state index contributed by atoms with van der Waals surface area (Å²) in [5, 5.41) is 16.4. The summed E-state index contributed by atoms with van der Waals surface area (Å²) in [6.07, 6.45) is 4.35. The molecule has 0 unspecified atom stereocenters. The Bertz CT molecular complexity index is 766. The lowest BCUT2D eigenvalue weighted by Crippen LogP contribution is -2.42. The zero-order valence-corrected chi connectivity index (χ0v) is 13.7. The van der Waals surface area contributed by atoms with Crippen LogP contribution in [0.1, 0.15) is 31.4 Å². The van der Waals surface area contributed by atoms with Gasteiger partial charge in [-0.3, -0.25) is 9.59 Å². The summed E-state index contributed by atoms with van der Waals surface area (Å²) >= 11 is 0. The first kappa shape index (κ1) is 17.1. The van der Waals surface area contributed by atoms with Crippen molar-refractivity contribution < 1.29 is 19.1 Å². The lowest BCUT2D eigenvalue weighted by molar-refractivity contribution is -0.157. The van der Waals surface area contributed by atoms with Gasteiger partial charge in [0.05, 0.1) is 16.8 Å². The number of aliphatic carboxylic acids is 1. The molecule has 0 bridgehead atoms. The molecule has 25 heavy (non-hydrogen) atoms. The van der Waals surface area contributed by atoms with E-state index in [0.717, 1.165) is 17.8 Å². The second-order valence-electron chi connectivity index (χ2n) is 6.44. The Morgan fingerprint density at radius 2 is 1.96 bits per heavy atom. The van der Waals surface area contributed by atoms with Crippen molar-refractivity contribution in [3.8, 4) is 5.69 Å². The van der Waals surface area contributed by atoms with Crippen LogP contribution in [-0.4, -0.2) is 33.3 Å². The van der Waals surface area contributed by atoms with Crippen LogP contribution in [0.25, 0.3) is 5.69 Å². The van der Waals surface area contributed by atoms with Gasteiger partial charge in [-0.05, 0) is 43.2 Å². The molecule has 3 rings (SSSR count). The van der Waals surface area contributed by atoms with Crippen LogP contribution in [-0.2, 0) is 16.0 Å². The molecule has 2 N–H and O–H groups in total. The van der Waals surface area contributed by atoms with Gasteiger partial charge in [0.15, 0.2) is 0 Å². The van der Waals surface area contributed by atoms with E-state index in [0.29, 0.717) is 25.8 Å². The van der Waals surface area contributed by atoms with Gasteiger partial charge in [-0.25, -0.2) is 9.07 Å². The molecule has 6 nitrogen and oxygen atoms in total. The fourth-order valence-corrected chi connectivity index (χ4v) is 3.00. The summed E-state index contributed by atoms with van der Waals surface area (Å²) in [6, 6.07) is 7.85.